The van der Waals surface area contributed by atoms with E-state index in [1.165, 1.54) is 23.1 Å². The van der Waals surface area contributed by atoms with Crippen LogP contribution in [0.3, 0.4) is 0 Å². The number of carbonyl (C=O) groups is 1. The Kier molecular flexibility index (Phi) is 6.21. The molecule has 4 nitrogen and oxygen atoms in total. The fourth-order valence-electron chi connectivity index (χ4n) is 1.72. The lowest BCUT2D eigenvalue weighted by Gasteiger charge is -2.22. The van der Waals surface area contributed by atoms with Crippen LogP contribution in [0.25, 0.3) is 0 Å². The molecule has 0 spiro atoms. The van der Waals surface area contributed by atoms with Crippen molar-refractivity contribution in [2.24, 2.45) is 0 Å². The molecule has 0 saturated carbocycles. The molecule has 1 N–H and O–H groups in total. The molecular weight excluding hydrogens is 256 g/mol. The van der Waals surface area contributed by atoms with Gasteiger partial charge >= 0.3 is 6.61 Å². The number of nitrogens with zero attached hydrogens (tertiary/aromatic N) is 1. The van der Waals surface area contributed by atoms with Crippen LogP contribution in [0.5, 0.6) is 5.75 Å². The number of aliphatic hydroxyl groups excluding tert-OH is 1. The molecule has 0 unspecified atom stereocenters. The number of halogens is 2. The molecule has 0 atom stereocenters. The highest BCUT2D eigenvalue weighted by molar-refractivity contribution is 5.96. The first-order valence-electron chi connectivity index (χ1n) is 6.04. The fourth-order valence-corrected chi connectivity index (χ4v) is 1.72. The molecule has 0 aromatic heterocycles. The van der Waals surface area contributed by atoms with Gasteiger partial charge in [-0.3, -0.25) is 4.79 Å². The van der Waals surface area contributed by atoms with Crippen molar-refractivity contribution in [1.82, 2.24) is 4.90 Å². The van der Waals surface area contributed by atoms with Crippen LogP contribution in [0.15, 0.2) is 24.3 Å². The summed E-state index contributed by atoms with van der Waals surface area (Å²) in [5.74, 6) is -0.575. The number of para-hydroxylation sites is 1. The Morgan fingerprint density at radius 2 is 2.05 bits per heavy atom. The third-order valence-corrected chi connectivity index (χ3v) is 2.48. The lowest BCUT2D eigenvalue weighted by molar-refractivity contribution is -0.0503. The summed E-state index contributed by atoms with van der Waals surface area (Å²) < 4.78 is 28.9. The molecule has 106 valence electrons. The van der Waals surface area contributed by atoms with Crippen molar-refractivity contribution in [1.29, 1.82) is 0 Å². The average molecular weight is 273 g/mol. The number of rotatable bonds is 7. The van der Waals surface area contributed by atoms with Gasteiger partial charge in [-0.15, -0.1) is 0 Å². The van der Waals surface area contributed by atoms with E-state index in [0.29, 0.717) is 13.0 Å². The van der Waals surface area contributed by atoms with E-state index in [1.54, 1.807) is 6.07 Å². The van der Waals surface area contributed by atoms with E-state index in [9.17, 15) is 13.6 Å². The highest BCUT2D eigenvalue weighted by Gasteiger charge is 2.20. The van der Waals surface area contributed by atoms with Gasteiger partial charge in [-0.1, -0.05) is 19.1 Å². The Labute approximate surface area is 110 Å². The molecule has 1 aromatic carbocycles. The number of hydrogen-bond donors (Lipinski definition) is 1. The second kappa shape index (κ2) is 7.68. The number of aliphatic hydroxyl groups is 1. The predicted octanol–water partition coefficient (Wildman–Crippen LogP) is 2.13. The van der Waals surface area contributed by atoms with Gasteiger partial charge in [0.25, 0.3) is 5.91 Å². The molecule has 19 heavy (non-hydrogen) atoms. The minimum atomic E-state index is -2.98. The first kappa shape index (κ1) is 15.4. The number of amides is 1. The Morgan fingerprint density at radius 3 is 2.63 bits per heavy atom. The highest BCUT2D eigenvalue weighted by Crippen LogP contribution is 2.22. The Bertz CT molecular complexity index is 407. The van der Waals surface area contributed by atoms with E-state index in [-0.39, 0.29) is 24.5 Å². The first-order valence-corrected chi connectivity index (χ1v) is 6.04. The van der Waals surface area contributed by atoms with Crippen LogP contribution in [0.1, 0.15) is 23.7 Å². The summed E-state index contributed by atoms with van der Waals surface area (Å²) in [5, 5.41) is 8.93. The summed E-state index contributed by atoms with van der Waals surface area (Å²) in [6.45, 7) is -0.660. The summed E-state index contributed by atoms with van der Waals surface area (Å²) in [6, 6.07) is 5.85. The summed E-state index contributed by atoms with van der Waals surface area (Å²) in [4.78, 5) is 13.6. The maximum Gasteiger partial charge on any atom is 0.387 e. The van der Waals surface area contributed by atoms with Gasteiger partial charge in [0.1, 0.15) is 5.75 Å². The molecule has 0 saturated heterocycles. The lowest BCUT2D eigenvalue weighted by Crippen LogP contribution is -2.34. The second-order valence-corrected chi connectivity index (χ2v) is 3.89. The molecule has 0 aliphatic rings. The van der Waals surface area contributed by atoms with Gasteiger partial charge in [0.2, 0.25) is 0 Å². The van der Waals surface area contributed by atoms with Crippen LogP contribution in [0, 0.1) is 0 Å². The van der Waals surface area contributed by atoms with Gasteiger partial charge in [0.15, 0.2) is 0 Å². The largest absolute Gasteiger partial charge is 0.434 e. The molecule has 1 amide bonds. The molecule has 0 aliphatic heterocycles. The van der Waals surface area contributed by atoms with Crippen molar-refractivity contribution in [3.05, 3.63) is 29.8 Å². The molecule has 0 heterocycles. The van der Waals surface area contributed by atoms with Crippen molar-refractivity contribution in [3.8, 4) is 5.75 Å². The van der Waals surface area contributed by atoms with E-state index in [2.05, 4.69) is 4.74 Å². The third-order valence-electron chi connectivity index (χ3n) is 2.48. The van der Waals surface area contributed by atoms with E-state index < -0.39 is 12.5 Å². The molecule has 0 aliphatic carbocycles. The standard InChI is InChI=1S/C13H17F2NO3/c1-2-7-16(8-9-17)12(18)10-5-3-4-6-11(10)19-13(14)15/h3-6,13,17H,2,7-9H2,1H3. The van der Waals surface area contributed by atoms with Crippen LogP contribution in [-0.2, 0) is 0 Å². The number of hydrogen-bond acceptors (Lipinski definition) is 3. The Hall–Kier alpha value is -1.69. The van der Waals surface area contributed by atoms with Crippen LogP contribution >= 0.6 is 0 Å². The predicted molar refractivity (Wildman–Crippen MR) is 66.4 cm³/mol. The highest BCUT2D eigenvalue weighted by atomic mass is 19.3. The number of alkyl halides is 2. The van der Waals surface area contributed by atoms with Gasteiger partial charge < -0.3 is 14.7 Å². The minimum Gasteiger partial charge on any atom is -0.434 e. The SMILES string of the molecule is CCCN(CCO)C(=O)c1ccccc1OC(F)F. The molecule has 0 radical (unpaired) electrons. The van der Waals surface area contributed by atoms with E-state index in [1.807, 2.05) is 6.92 Å². The van der Waals surface area contributed by atoms with Crippen LogP contribution < -0.4 is 4.74 Å². The molecule has 0 bridgehead atoms. The van der Waals surface area contributed by atoms with Crippen molar-refractivity contribution in [2.75, 3.05) is 19.7 Å². The van der Waals surface area contributed by atoms with E-state index in [0.717, 1.165) is 0 Å². The molecule has 6 heteroatoms. The van der Waals surface area contributed by atoms with Gasteiger partial charge in [-0.05, 0) is 18.6 Å². The van der Waals surface area contributed by atoms with Gasteiger partial charge in [-0.2, -0.15) is 8.78 Å². The molecule has 0 fully saturated rings. The summed E-state index contributed by atoms with van der Waals surface area (Å²) in [5.41, 5.74) is 0.0738. The average Bonchev–Trinajstić information content (AvgIpc) is 2.38. The third kappa shape index (κ3) is 4.48. The zero-order chi connectivity index (χ0) is 14.3. The number of ether oxygens (including phenoxy) is 1. The first-order chi connectivity index (χ1) is 9.10. The monoisotopic (exact) mass is 273 g/mol. The van der Waals surface area contributed by atoms with E-state index in [4.69, 9.17) is 5.11 Å². The summed E-state index contributed by atoms with van der Waals surface area (Å²) in [7, 11) is 0. The maximum atomic E-state index is 12.3. The number of carbonyl (C=O) groups excluding carboxylic acids is 1. The van der Waals surface area contributed by atoms with Crippen LogP contribution in [-0.4, -0.2) is 42.2 Å². The Balaban J connectivity index is 2.96. The second-order valence-electron chi connectivity index (χ2n) is 3.89. The topological polar surface area (TPSA) is 49.8 Å². The van der Waals surface area contributed by atoms with Gasteiger partial charge in [0, 0.05) is 13.1 Å². The Morgan fingerprint density at radius 1 is 1.37 bits per heavy atom. The van der Waals surface area contributed by atoms with Gasteiger partial charge in [-0.25, -0.2) is 0 Å². The van der Waals surface area contributed by atoms with Crippen molar-refractivity contribution in [2.45, 2.75) is 20.0 Å². The van der Waals surface area contributed by atoms with E-state index >= 15 is 0 Å². The van der Waals surface area contributed by atoms with Gasteiger partial charge in [0.05, 0.1) is 12.2 Å². The smallest absolute Gasteiger partial charge is 0.387 e. The molecule has 1 rings (SSSR count). The molecule has 1 aromatic rings. The molecular formula is C13H17F2NO3. The fraction of sp³-hybridized carbons (Fsp3) is 0.462. The summed E-state index contributed by atoms with van der Waals surface area (Å²) >= 11 is 0. The number of benzene rings is 1. The van der Waals surface area contributed by atoms with Crippen molar-refractivity contribution < 1.29 is 23.4 Å². The van der Waals surface area contributed by atoms with Crippen LogP contribution in [0.2, 0.25) is 0 Å². The zero-order valence-corrected chi connectivity index (χ0v) is 10.7. The summed E-state index contributed by atoms with van der Waals surface area (Å²) in [6.07, 6.45) is 0.712. The zero-order valence-electron chi connectivity index (χ0n) is 10.7. The minimum absolute atomic E-state index is 0.0738. The lowest BCUT2D eigenvalue weighted by atomic mass is 10.1. The van der Waals surface area contributed by atoms with Crippen molar-refractivity contribution in [3.63, 3.8) is 0 Å². The van der Waals surface area contributed by atoms with Crippen molar-refractivity contribution >= 4 is 5.91 Å². The normalized spacial score (nSPS) is 10.6. The maximum absolute atomic E-state index is 12.3. The quantitative estimate of drug-likeness (QED) is 0.828. The van der Waals surface area contributed by atoms with Crippen LogP contribution in [0.4, 0.5) is 8.78 Å².